The van der Waals surface area contributed by atoms with Gasteiger partial charge in [0.15, 0.2) is 0 Å². The zero-order valence-corrected chi connectivity index (χ0v) is 13.7. The molecule has 0 radical (unpaired) electrons. The summed E-state index contributed by atoms with van der Waals surface area (Å²) < 4.78 is 6.19. The summed E-state index contributed by atoms with van der Waals surface area (Å²) in [4.78, 5) is 12.4. The van der Waals surface area contributed by atoms with Crippen LogP contribution in [0.15, 0.2) is 22.7 Å². The van der Waals surface area contributed by atoms with Crippen LogP contribution in [0.3, 0.4) is 0 Å². The average Bonchev–Trinajstić information content (AvgIpc) is 2.47. The van der Waals surface area contributed by atoms with E-state index >= 15 is 0 Å². The smallest absolute Gasteiger partial charge is 0.255 e. The van der Waals surface area contributed by atoms with Crippen LogP contribution in [0.5, 0.6) is 5.75 Å². The lowest BCUT2D eigenvalue weighted by Gasteiger charge is -2.28. The number of rotatable bonds is 4. The Balaban J connectivity index is 2.03. The molecule has 0 spiro atoms. The summed E-state index contributed by atoms with van der Waals surface area (Å²) in [5.74, 6) is 1.16. The van der Waals surface area contributed by atoms with Crippen LogP contribution in [0.4, 0.5) is 0 Å². The van der Waals surface area contributed by atoms with Gasteiger partial charge in [-0.2, -0.15) is 0 Å². The third-order valence-corrected chi connectivity index (χ3v) is 4.62. The first-order valence-corrected chi connectivity index (χ1v) is 8.05. The first-order chi connectivity index (χ1) is 9.61. The molecule has 0 bridgehead atoms. The molecular formula is C16H22BrNO2. The Morgan fingerprint density at radius 3 is 2.70 bits per heavy atom. The largest absolute Gasteiger partial charge is 0.496 e. The van der Waals surface area contributed by atoms with Crippen LogP contribution < -0.4 is 10.1 Å². The summed E-state index contributed by atoms with van der Waals surface area (Å²) in [6, 6.07) is 5.70. The van der Waals surface area contributed by atoms with Gasteiger partial charge in [-0.25, -0.2) is 0 Å². The maximum absolute atomic E-state index is 12.4. The fraction of sp³-hybridized carbons (Fsp3) is 0.562. The Hall–Kier alpha value is -1.03. The van der Waals surface area contributed by atoms with E-state index in [2.05, 4.69) is 28.2 Å². The number of carbonyl (C=O) groups is 1. The molecule has 1 aliphatic carbocycles. The monoisotopic (exact) mass is 339 g/mol. The van der Waals surface area contributed by atoms with Gasteiger partial charge >= 0.3 is 0 Å². The minimum absolute atomic E-state index is 0.0487. The van der Waals surface area contributed by atoms with Gasteiger partial charge in [0, 0.05) is 10.5 Å². The minimum Gasteiger partial charge on any atom is -0.496 e. The molecule has 1 aromatic carbocycles. The van der Waals surface area contributed by atoms with Gasteiger partial charge in [0.2, 0.25) is 0 Å². The van der Waals surface area contributed by atoms with Crippen molar-refractivity contribution in [1.29, 1.82) is 0 Å². The lowest BCUT2D eigenvalue weighted by molar-refractivity contribution is 0.0916. The zero-order chi connectivity index (χ0) is 14.5. The SMILES string of the molecule is COc1cc(Br)ccc1C(=O)NC(C)C1CCCCC1. The molecule has 1 unspecified atom stereocenters. The van der Waals surface area contributed by atoms with Gasteiger partial charge in [-0.05, 0) is 43.9 Å². The Kier molecular flexibility index (Phi) is 5.46. The number of amides is 1. The van der Waals surface area contributed by atoms with E-state index in [-0.39, 0.29) is 11.9 Å². The number of methoxy groups -OCH3 is 1. The second kappa shape index (κ2) is 7.11. The number of carbonyl (C=O) groups excluding carboxylic acids is 1. The van der Waals surface area contributed by atoms with Crippen LogP contribution in [-0.2, 0) is 0 Å². The molecule has 1 atom stereocenters. The minimum atomic E-state index is -0.0487. The van der Waals surface area contributed by atoms with Crippen molar-refractivity contribution in [3.63, 3.8) is 0 Å². The van der Waals surface area contributed by atoms with Crippen LogP contribution in [0.2, 0.25) is 0 Å². The van der Waals surface area contributed by atoms with Gasteiger partial charge in [-0.1, -0.05) is 35.2 Å². The van der Waals surface area contributed by atoms with Crippen molar-refractivity contribution < 1.29 is 9.53 Å². The Bertz CT molecular complexity index is 470. The van der Waals surface area contributed by atoms with Crippen LogP contribution in [-0.4, -0.2) is 19.1 Å². The first kappa shape index (κ1) is 15.4. The predicted molar refractivity (Wildman–Crippen MR) is 84.2 cm³/mol. The topological polar surface area (TPSA) is 38.3 Å². The Morgan fingerprint density at radius 2 is 2.05 bits per heavy atom. The number of hydrogen-bond acceptors (Lipinski definition) is 2. The van der Waals surface area contributed by atoms with Gasteiger partial charge in [-0.15, -0.1) is 0 Å². The van der Waals surface area contributed by atoms with Gasteiger partial charge < -0.3 is 10.1 Å². The van der Waals surface area contributed by atoms with E-state index in [1.54, 1.807) is 13.2 Å². The zero-order valence-electron chi connectivity index (χ0n) is 12.1. The van der Waals surface area contributed by atoms with E-state index < -0.39 is 0 Å². The highest BCUT2D eigenvalue weighted by molar-refractivity contribution is 9.10. The molecule has 0 heterocycles. The van der Waals surface area contributed by atoms with Gasteiger partial charge in [0.25, 0.3) is 5.91 Å². The highest BCUT2D eigenvalue weighted by Gasteiger charge is 2.23. The van der Waals surface area contributed by atoms with Crippen molar-refractivity contribution in [1.82, 2.24) is 5.32 Å². The second-order valence-electron chi connectivity index (χ2n) is 5.50. The van der Waals surface area contributed by atoms with Gasteiger partial charge in [0.1, 0.15) is 5.75 Å². The lowest BCUT2D eigenvalue weighted by Crippen LogP contribution is -2.39. The van der Waals surface area contributed by atoms with E-state index in [1.165, 1.54) is 32.1 Å². The average molecular weight is 340 g/mol. The van der Waals surface area contributed by atoms with E-state index in [4.69, 9.17) is 4.74 Å². The highest BCUT2D eigenvalue weighted by atomic mass is 79.9. The van der Waals surface area contributed by atoms with Gasteiger partial charge in [-0.3, -0.25) is 4.79 Å². The fourth-order valence-electron chi connectivity index (χ4n) is 2.89. The maximum Gasteiger partial charge on any atom is 0.255 e. The summed E-state index contributed by atoms with van der Waals surface area (Å²) in [5.41, 5.74) is 0.596. The molecule has 3 nitrogen and oxygen atoms in total. The van der Waals surface area contributed by atoms with E-state index in [0.717, 1.165) is 4.47 Å². The molecule has 1 N–H and O–H groups in total. The number of benzene rings is 1. The summed E-state index contributed by atoms with van der Waals surface area (Å²) >= 11 is 3.39. The number of ether oxygens (including phenoxy) is 1. The summed E-state index contributed by atoms with van der Waals surface area (Å²) in [6.45, 7) is 2.11. The molecule has 1 aromatic rings. The molecule has 110 valence electrons. The molecule has 20 heavy (non-hydrogen) atoms. The Morgan fingerprint density at radius 1 is 1.35 bits per heavy atom. The van der Waals surface area contributed by atoms with Crippen LogP contribution in [0, 0.1) is 5.92 Å². The second-order valence-corrected chi connectivity index (χ2v) is 6.42. The molecule has 2 rings (SSSR count). The lowest BCUT2D eigenvalue weighted by atomic mass is 9.84. The molecule has 1 amide bonds. The maximum atomic E-state index is 12.4. The van der Waals surface area contributed by atoms with Crippen LogP contribution in [0.25, 0.3) is 0 Å². The normalized spacial score (nSPS) is 17.6. The van der Waals surface area contributed by atoms with Crippen LogP contribution in [0.1, 0.15) is 49.4 Å². The fourth-order valence-corrected chi connectivity index (χ4v) is 3.23. The molecule has 1 fully saturated rings. The molecule has 0 aromatic heterocycles. The number of hydrogen-bond donors (Lipinski definition) is 1. The molecule has 0 aliphatic heterocycles. The molecule has 4 heteroatoms. The van der Waals surface area contributed by atoms with E-state index in [0.29, 0.717) is 17.2 Å². The molecule has 1 aliphatic rings. The molecular weight excluding hydrogens is 318 g/mol. The van der Waals surface area contributed by atoms with Crippen molar-refractivity contribution in [2.24, 2.45) is 5.92 Å². The van der Waals surface area contributed by atoms with E-state index in [1.807, 2.05) is 12.1 Å². The van der Waals surface area contributed by atoms with Crippen molar-refractivity contribution in [2.75, 3.05) is 7.11 Å². The van der Waals surface area contributed by atoms with Crippen LogP contribution >= 0.6 is 15.9 Å². The number of halogens is 1. The summed E-state index contributed by atoms with van der Waals surface area (Å²) in [6.07, 6.45) is 6.34. The first-order valence-electron chi connectivity index (χ1n) is 7.26. The Labute approximate surface area is 129 Å². The van der Waals surface area contributed by atoms with Crippen molar-refractivity contribution in [3.05, 3.63) is 28.2 Å². The molecule has 1 saturated carbocycles. The van der Waals surface area contributed by atoms with E-state index in [9.17, 15) is 4.79 Å². The standard InChI is InChI=1S/C16H22BrNO2/c1-11(12-6-4-3-5-7-12)18-16(19)14-9-8-13(17)10-15(14)20-2/h8-12H,3-7H2,1-2H3,(H,18,19). The number of nitrogens with one attached hydrogen (secondary N) is 1. The predicted octanol–water partition coefficient (Wildman–Crippen LogP) is 4.16. The third kappa shape index (κ3) is 3.75. The summed E-state index contributed by atoms with van der Waals surface area (Å²) in [5, 5.41) is 3.13. The molecule has 0 saturated heterocycles. The van der Waals surface area contributed by atoms with Gasteiger partial charge in [0.05, 0.1) is 12.7 Å². The third-order valence-electron chi connectivity index (χ3n) is 4.12. The van der Waals surface area contributed by atoms with Crippen molar-refractivity contribution in [3.8, 4) is 5.75 Å². The van der Waals surface area contributed by atoms with Crippen molar-refractivity contribution in [2.45, 2.75) is 45.1 Å². The van der Waals surface area contributed by atoms with Crippen molar-refractivity contribution >= 4 is 21.8 Å². The summed E-state index contributed by atoms with van der Waals surface area (Å²) in [7, 11) is 1.59. The quantitative estimate of drug-likeness (QED) is 0.894. The highest BCUT2D eigenvalue weighted by Crippen LogP contribution is 2.27.